The van der Waals surface area contributed by atoms with Crippen LogP contribution in [0.15, 0.2) is 11.6 Å². The minimum atomic E-state index is 0.348. The smallest absolute Gasteiger partial charge is 0.161 e. The standard InChI is InChI=1S/C18H30O/c1-14(2)15-10-12-17(13-11-15)18(19)16-8-6-4-3-5-7-9-16/h8,14-15,17H,3-7,9-13H2,1-2H3. The zero-order chi connectivity index (χ0) is 13.7. The fraction of sp³-hybridized carbons (Fsp3) is 0.833. The molecule has 0 spiro atoms. The summed E-state index contributed by atoms with van der Waals surface area (Å²) in [5.41, 5.74) is 1.17. The quantitative estimate of drug-likeness (QED) is 0.674. The van der Waals surface area contributed by atoms with Gasteiger partial charge in [-0.1, -0.05) is 32.8 Å². The van der Waals surface area contributed by atoms with Gasteiger partial charge < -0.3 is 0 Å². The summed E-state index contributed by atoms with van der Waals surface area (Å²) in [6.45, 7) is 4.65. The van der Waals surface area contributed by atoms with Crippen molar-refractivity contribution in [3.63, 3.8) is 0 Å². The van der Waals surface area contributed by atoms with Crippen LogP contribution in [0.1, 0.15) is 78.1 Å². The lowest BCUT2D eigenvalue weighted by atomic mass is 9.74. The van der Waals surface area contributed by atoms with E-state index in [2.05, 4.69) is 19.9 Å². The Hall–Kier alpha value is -0.590. The SMILES string of the molecule is CC(C)C1CCC(C(=O)C2=CCCCCCC2)CC1. The van der Waals surface area contributed by atoms with E-state index in [4.69, 9.17) is 0 Å². The molecule has 1 saturated carbocycles. The molecule has 1 fully saturated rings. The molecule has 0 heterocycles. The topological polar surface area (TPSA) is 17.1 Å². The summed E-state index contributed by atoms with van der Waals surface area (Å²) in [5.74, 6) is 2.50. The Bertz CT molecular complexity index is 319. The molecule has 0 aromatic heterocycles. The highest BCUT2D eigenvalue weighted by Gasteiger charge is 2.28. The van der Waals surface area contributed by atoms with Crippen LogP contribution < -0.4 is 0 Å². The van der Waals surface area contributed by atoms with Crippen molar-refractivity contribution in [3.05, 3.63) is 11.6 Å². The van der Waals surface area contributed by atoms with Crippen LogP contribution >= 0.6 is 0 Å². The molecule has 2 aliphatic rings. The molecule has 1 heteroatoms. The number of rotatable bonds is 3. The summed E-state index contributed by atoms with van der Waals surface area (Å²) in [4.78, 5) is 12.6. The molecule has 0 N–H and O–H groups in total. The number of carbonyl (C=O) groups is 1. The van der Waals surface area contributed by atoms with E-state index in [0.29, 0.717) is 11.7 Å². The van der Waals surface area contributed by atoms with E-state index in [0.717, 1.165) is 37.5 Å². The summed E-state index contributed by atoms with van der Waals surface area (Å²) in [7, 11) is 0. The van der Waals surface area contributed by atoms with E-state index in [1.165, 1.54) is 44.1 Å². The van der Waals surface area contributed by atoms with Gasteiger partial charge in [0, 0.05) is 5.92 Å². The second kappa shape index (κ2) is 7.26. The van der Waals surface area contributed by atoms with Crippen LogP contribution in [0.25, 0.3) is 0 Å². The number of carbonyl (C=O) groups excluding carboxylic acids is 1. The lowest BCUT2D eigenvalue weighted by molar-refractivity contribution is -0.120. The second-order valence-corrected chi connectivity index (χ2v) is 6.90. The van der Waals surface area contributed by atoms with Gasteiger partial charge in [0.2, 0.25) is 0 Å². The van der Waals surface area contributed by atoms with Crippen molar-refractivity contribution in [3.8, 4) is 0 Å². The van der Waals surface area contributed by atoms with Gasteiger partial charge in [0.1, 0.15) is 0 Å². The number of ketones is 1. The molecular weight excluding hydrogens is 232 g/mol. The zero-order valence-electron chi connectivity index (χ0n) is 12.8. The molecule has 0 aromatic carbocycles. The zero-order valence-corrected chi connectivity index (χ0v) is 12.8. The highest BCUT2D eigenvalue weighted by molar-refractivity contribution is 5.97. The molecule has 0 unspecified atom stereocenters. The van der Waals surface area contributed by atoms with Gasteiger partial charge in [0.05, 0.1) is 0 Å². The first-order chi connectivity index (χ1) is 9.18. The van der Waals surface area contributed by atoms with Crippen LogP contribution in [-0.2, 0) is 4.79 Å². The van der Waals surface area contributed by atoms with Gasteiger partial charge >= 0.3 is 0 Å². The van der Waals surface area contributed by atoms with Crippen LogP contribution in [0.4, 0.5) is 0 Å². The van der Waals surface area contributed by atoms with E-state index in [1.807, 2.05) is 0 Å². The average molecular weight is 262 g/mol. The fourth-order valence-corrected chi connectivity index (χ4v) is 3.73. The number of hydrogen-bond donors (Lipinski definition) is 0. The van der Waals surface area contributed by atoms with Crippen molar-refractivity contribution in [2.75, 3.05) is 0 Å². The first kappa shape index (κ1) is 14.8. The lowest BCUT2D eigenvalue weighted by Crippen LogP contribution is -2.25. The van der Waals surface area contributed by atoms with Crippen LogP contribution in [-0.4, -0.2) is 5.78 Å². The van der Waals surface area contributed by atoms with Gasteiger partial charge in [-0.2, -0.15) is 0 Å². The van der Waals surface area contributed by atoms with Crippen molar-refractivity contribution in [2.45, 2.75) is 78.1 Å². The number of Topliss-reactive ketones (excluding diaryl/α,β-unsaturated/α-hetero) is 1. The summed E-state index contributed by atoms with van der Waals surface area (Å²) in [6.07, 6.45) is 14.4. The molecule has 1 nitrogen and oxygen atoms in total. The molecule has 0 saturated heterocycles. The van der Waals surface area contributed by atoms with E-state index >= 15 is 0 Å². The van der Waals surface area contributed by atoms with Crippen LogP contribution in [0.5, 0.6) is 0 Å². The van der Waals surface area contributed by atoms with Crippen molar-refractivity contribution in [1.82, 2.24) is 0 Å². The molecule has 0 aliphatic heterocycles. The van der Waals surface area contributed by atoms with E-state index < -0.39 is 0 Å². The molecule has 2 aliphatic carbocycles. The third-order valence-electron chi connectivity index (χ3n) is 5.19. The average Bonchev–Trinajstić information content (AvgIpc) is 2.38. The van der Waals surface area contributed by atoms with Crippen molar-refractivity contribution >= 4 is 5.78 Å². The van der Waals surface area contributed by atoms with Gasteiger partial charge in [0.25, 0.3) is 0 Å². The molecule has 0 atom stereocenters. The Labute approximate surface area is 118 Å². The lowest BCUT2D eigenvalue weighted by Gasteiger charge is -2.30. The molecule has 19 heavy (non-hydrogen) atoms. The Morgan fingerprint density at radius 2 is 1.74 bits per heavy atom. The van der Waals surface area contributed by atoms with Crippen LogP contribution in [0.3, 0.4) is 0 Å². The third kappa shape index (κ3) is 4.19. The maximum absolute atomic E-state index is 12.6. The van der Waals surface area contributed by atoms with Crippen molar-refractivity contribution in [2.24, 2.45) is 17.8 Å². The van der Waals surface area contributed by atoms with Gasteiger partial charge in [-0.15, -0.1) is 0 Å². The highest BCUT2D eigenvalue weighted by atomic mass is 16.1. The minimum Gasteiger partial charge on any atom is -0.294 e. The predicted octanol–water partition coefficient (Wildman–Crippen LogP) is 5.30. The molecule has 0 aromatic rings. The van der Waals surface area contributed by atoms with Gasteiger partial charge in [-0.05, 0) is 68.8 Å². The summed E-state index contributed by atoms with van der Waals surface area (Å²) >= 11 is 0. The predicted molar refractivity (Wildman–Crippen MR) is 81.1 cm³/mol. The summed E-state index contributed by atoms with van der Waals surface area (Å²) in [6, 6.07) is 0. The monoisotopic (exact) mass is 262 g/mol. The maximum atomic E-state index is 12.6. The van der Waals surface area contributed by atoms with Crippen LogP contribution in [0, 0.1) is 17.8 Å². The normalized spacial score (nSPS) is 29.5. The number of allylic oxidation sites excluding steroid dienone is 2. The van der Waals surface area contributed by atoms with E-state index in [9.17, 15) is 4.79 Å². The summed E-state index contributed by atoms with van der Waals surface area (Å²) in [5, 5.41) is 0. The van der Waals surface area contributed by atoms with Crippen LogP contribution in [0.2, 0.25) is 0 Å². The highest BCUT2D eigenvalue weighted by Crippen LogP contribution is 2.35. The van der Waals surface area contributed by atoms with Gasteiger partial charge in [0.15, 0.2) is 5.78 Å². The van der Waals surface area contributed by atoms with E-state index in [1.54, 1.807) is 0 Å². The van der Waals surface area contributed by atoms with Crippen molar-refractivity contribution in [1.29, 1.82) is 0 Å². The Balaban J connectivity index is 1.89. The maximum Gasteiger partial charge on any atom is 0.161 e. The van der Waals surface area contributed by atoms with Gasteiger partial charge in [-0.25, -0.2) is 0 Å². The first-order valence-corrected chi connectivity index (χ1v) is 8.41. The Morgan fingerprint density at radius 1 is 1.05 bits per heavy atom. The number of hydrogen-bond acceptors (Lipinski definition) is 1. The Kier molecular flexibility index (Phi) is 5.66. The summed E-state index contributed by atoms with van der Waals surface area (Å²) < 4.78 is 0. The first-order valence-electron chi connectivity index (χ1n) is 8.41. The molecular formula is C18H30O. The second-order valence-electron chi connectivity index (χ2n) is 6.90. The van der Waals surface area contributed by atoms with E-state index in [-0.39, 0.29) is 0 Å². The molecule has 0 radical (unpaired) electrons. The molecule has 0 bridgehead atoms. The molecule has 2 rings (SSSR count). The largest absolute Gasteiger partial charge is 0.294 e. The fourth-order valence-electron chi connectivity index (χ4n) is 3.73. The molecule has 0 amide bonds. The molecule has 108 valence electrons. The van der Waals surface area contributed by atoms with Crippen molar-refractivity contribution < 1.29 is 4.79 Å². The Morgan fingerprint density at radius 3 is 2.42 bits per heavy atom. The third-order valence-corrected chi connectivity index (χ3v) is 5.19. The minimum absolute atomic E-state index is 0.348. The van der Waals surface area contributed by atoms with Gasteiger partial charge in [-0.3, -0.25) is 4.79 Å².